The molecule has 0 unspecified atom stereocenters. The van der Waals surface area contributed by atoms with E-state index in [4.69, 9.17) is 34.2 Å². The van der Waals surface area contributed by atoms with Crippen LogP contribution in [0.2, 0.25) is 10.0 Å². The maximum absolute atomic E-state index is 14.0. The third kappa shape index (κ3) is 4.10. The monoisotopic (exact) mass is 472 g/mol. The lowest BCUT2D eigenvalue weighted by Crippen LogP contribution is -2.42. The van der Waals surface area contributed by atoms with Gasteiger partial charge < -0.3 is 16.0 Å². The summed E-state index contributed by atoms with van der Waals surface area (Å²) in [5.41, 5.74) is 7.16. The van der Waals surface area contributed by atoms with Crippen molar-refractivity contribution in [2.24, 2.45) is 5.73 Å². The quantitative estimate of drug-likeness (QED) is 0.598. The first-order chi connectivity index (χ1) is 15.3. The van der Waals surface area contributed by atoms with Crippen molar-refractivity contribution >= 4 is 40.8 Å². The number of urea groups is 1. The molecule has 0 radical (unpaired) electrons. The smallest absolute Gasteiger partial charge is 0.315 e. The second-order valence-corrected chi connectivity index (χ2v) is 7.92. The molecule has 0 aliphatic carbocycles. The van der Waals surface area contributed by atoms with Crippen LogP contribution in [0, 0.1) is 17.1 Å². The molecule has 3 N–H and O–H groups in total. The Kier molecular flexibility index (Phi) is 5.74. The van der Waals surface area contributed by atoms with Gasteiger partial charge in [0.1, 0.15) is 17.6 Å². The first-order valence-electron chi connectivity index (χ1n) is 9.38. The molecular weight excluding hydrogens is 458 g/mol. The van der Waals surface area contributed by atoms with Gasteiger partial charge in [-0.05, 0) is 36.4 Å². The second-order valence-electron chi connectivity index (χ2n) is 7.07. The van der Waals surface area contributed by atoms with Gasteiger partial charge in [0, 0.05) is 22.8 Å². The number of hydrogen-bond acceptors (Lipinski definition) is 4. The van der Waals surface area contributed by atoms with E-state index in [0.29, 0.717) is 30.0 Å². The van der Waals surface area contributed by atoms with E-state index in [0.717, 1.165) is 6.07 Å². The van der Waals surface area contributed by atoms with E-state index in [1.54, 1.807) is 4.68 Å². The van der Waals surface area contributed by atoms with E-state index in [9.17, 15) is 14.0 Å². The normalized spacial score (nSPS) is 12.8. The van der Waals surface area contributed by atoms with Crippen molar-refractivity contribution in [3.05, 3.63) is 69.1 Å². The molecule has 0 spiro atoms. The number of primary amides is 1. The summed E-state index contributed by atoms with van der Waals surface area (Å²) < 4.78 is 15.6. The van der Waals surface area contributed by atoms with Crippen LogP contribution in [0.1, 0.15) is 21.6 Å². The number of amides is 3. The molecule has 162 valence electrons. The summed E-state index contributed by atoms with van der Waals surface area (Å²) in [5.74, 6) is -1.13. The maximum Gasteiger partial charge on any atom is 0.315 e. The lowest BCUT2D eigenvalue weighted by molar-refractivity contribution is 0.102. The van der Waals surface area contributed by atoms with Gasteiger partial charge in [-0.1, -0.05) is 23.2 Å². The highest BCUT2D eigenvalue weighted by Crippen LogP contribution is 2.32. The highest BCUT2D eigenvalue weighted by molar-refractivity contribution is 6.32. The van der Waals surface area contributed by atoms with Gasteiger partial charge in [-0.25, -0.2) is 9.18 Å². The number of benzene rings is 2. The molecule has 0 fully saturated rings. The minimum absolute atomic E-state index is 0.0578. The predicted molar refractivity (Wildman–Crippen MR) is 117 cm³/mol. The van der Waals surface area contributed by atoms with Crippen LogP contribution in [0.3, 0.4) is 0 Å². The number of anilines is 1. The third-order valence-electron chi connectivity index (χ3n) is 5.00. The van der Waals surface area contributed by atoms with Crippen molar-refractivity contribution in [2.45, 2.75) is 13.1 Å². The summed E-state index contributed by atoms with van der Waals surface area (Å²) in [6.07, 6.45) is 0. The lowest BCUT2D eigenvalue weighted by Gasteiger charge is -2.26. The minimum atomic E-state index is -0.627. The minimum Gasteiger partial charge on any atom is -0.351 e. The Hall–Kier alpha value is -3.61. The average molecular weight is 473 g/mol. The van der Waals surface area contributed by atoms with Crippen LogP contribution in [0.15, 0.2) is 36.4 Å². The molecule has 11 heteroatoms. The van der Waals surface area contributed by atoms with Gasteiger partial charge in [-0.3, -0.25) is 9.48 Å². The molecule has 2 heterocycles. The van der Waals surface area contributed by atoms with Crippen molar-refractivity contribution in [3.8, 4) is 17.3 Å². The van der Waals surface area contributed by atoms with E-state index in [-0.39, 0.29) is 33.4 Å². The molecule has 4 rings (SSSR count). The molecule has 3 aromatic rings. The molecule has 1 aromatic heterocycles. The zero-order valence-electron chi connectivity index (χ0n) is 16.4. The summed E-state index contributed by atoms with van der Waals surface area (Å²) in [6, 6.07) is 9.65. The van der Waals surface area contributed by atoms with Crippen molar-refractivity contribution in [3.63, 3.8) is 0 Å². The number of carbonyl (C=O) groups is 2. The number of nitrogens with zero attached hydrogens (tertiary/aromatic N) is 4. The van der Waals surface area contributed by atoms with Crippen molar-refractivity contribution < 1.29 is 14.0 Å². The Morgan fingerprint density at radius 1 is 1.19 bits per heavy atom. The number of aromatic nitrogens is 2. The van der Waals surface area contributed by atoms with Crippen LogP contribution in [0.25, 0.3) is 11.3 Å². The van der Waals surface area contributed by atoms with E-state index >= 15 is 0 Å². The van der Waals surface area contributed by atoms with Gasteiger partial charge in [-0.15, -0.1) is 0 Å². The number of rotatable bonds is 3. The van der Waals surface area contributed by atoms with Crippen molar-refractivity contribution in [1.82, 2.24) is 14.7 Å². The van der Waals surface area contributed by atoms with Crippen LogP contribution in [0.4, 0.5) is 14.9 Å². The van der Waals surface area contributed by atoms with Gasteiger partial charge in [0.05, 0.1) is 34.9 Å². The summed E-state index contributed by atoms with van der Waals surface area (Å²) in [7, 11) is 0. The molecular formula is C21H15Cl2FN6O2. The van der Waals surface area contributed by atoms with Crippen molar-refractivity contribution in [2.75, 3.05) is 11.9 Å². The Balaban J connectivity index is 1.80. The number of halogens is 3. The number of nitrogens with two attached hydrogens (primary N) is 1. The Bertz CT molecular complexity index is 1280. The van der Waals surface area contributed by atoms with E-state index in [1.807, 2.05) is 6.07 Å². The number of hydrogen-bond donors (Lipinski definition) is 2. The first-order valence-corrected chi connectivity index (χ1v) is 10.1. The average Bonchev–Trinajstić information content (AvgIpc) is 3.12. The predicted octanol–water partition coefficient (Wildman–Crippen LogP) is 4.01. The summed E-state index contributed by atoms with van der Waals surface area (Å²) in [6.45, 7) is 0.687. The van der Waals surface area contributed by atoms with Crippen LogP contribution in [-0.2, 0) is 13.1 Å². The Morgan fingerprint density at radius 3 is 2.62 bits per heavy atom. The fraction of sp³-hybridized carbons (Fsp3) is 0.143. The fourth-order valence-electron chi connectivity index (χ4n) is 3.51. The SMILES string of the molecule is N#Cc1ccc(NC(=O)c2c(-c3cc(F)cc(Cl)c3)nn3c2CN(C(N)=O)CC3)cc1Cl. The summed E-state index contributed by atoms with van der Waals surface area (Å²) >= 11 is 12.1. The number of carbonyl (C=O) groups excluding carboxylic acids is 2. The third-order valence-corrected chi connectivity index (χ3v) is 5.53. The number of fused-ring (bicyclic) bond motifs is 1. The van der Waals surface area contributed by atoms with Crippen LogP contribution >= 0.6 is 23.2 Å². The largest absolute Gasteiger partial charge is 0.351 e. The molecule has 32 heavy (non-hydrogen) atoms. The van der Waals surface area contributed by atoms with E-state index in [1.165, 1.54) is 35.2 Å². The Labute approximate surface area is 191 Å². The van der Waals surface area contributed by atoms with Crippen molar-refractivity contribution in [1.29, 1.82) is 5.26 Å². The van der Waals surface area contributed by atoms with Gasteiger partial charge >= 0.3 is 6.03 Å². The van der Waals surface area contributed by atoms with Gasteiger partial charge in [-0.2, -0.15) is 10.4 Å². The molecule has 8 nitrogen and oxygen atoms in total. The summed E-state index contributed by atoms with van der Waals surface area (Å²) in [4.78, 5) is 26.4. The topological polar surface area (TPSA) is 117 Å². The molecule has 0 saturated heterocycles. The molecule has 2 aromatic carbocycles. The Morgan fingerprint density at radius 2 is 1.97 bits per heavy atom. The molecule has 0 saturated carbocycles. The van der Waals surface area contributed by atoms with Crippen LogP contribution in [-0.4, -0.2) is 33.2 Å². The van der Waals surface area contributed by atoms with Gasteiger partial charge in [0.15, 0.2) is 0 Å². The number of nitrogens with one attached hydrogen (secondary N) is 1. The number of nitriles is 1. The standard InChI is InChI=1S/C21H15Cl2FN6O2/c22-13-5-12(6-14(24)7-13)19-18(17-10-29(21(26)32)3-4-30(17)28-19)20(31)27-15-2-1-11(9-25)16(23)8-15/h1-2,5-8H,3-4,10H2,(H2,26,32)(H,27,31). The maximum atomic E-state index is 14.0. The molecule has 1 aliphatic heterocycles. The summed E-state index contributed by atoms with van der Waals surface area (Å²) in [5, 5.41) is 16.6. The zero-order valence-corrected chi connectivity index (χ0v) is 17.9. The highest BCUT2D eigenvalue weighted by atomic mass is 35.5. The van der Waals surface area contributed by atoms with Crippen LogP contribution in [0.5, 0.6) is 0 Å². The van der Waals surface area contributed by atoms with Gasteiger partial charge in [0.25, 0.3) is 5.91 Å². The molecule has 0 atom stereocenters. The highest BCUT2D eigenvalue weighted by Gasteiger charge is 2.30. The first kappa shape index (κ1) is 21.6. The fourth-order valence-corrected chi connectivity index (χ4v) is 3.96. The molecule has 1 aliphatic rings. The van der Waals surface area contributed by atoms with E-state index < -0.39 is 17.8 Å². The van der Waals surface area contributed by atoms with Crippen LogP contribution < -0.4 is 11.1 Å². The lowest BCUT2D eigenvalue weighted by atomic mass is 10.0. The second kappa shape index (κ2) is 8.49. The van der Waals surface area contributed by atoms with E-state index in [2.05, 4.69) is 10.4 Å². The van der Waals surface area contributed by atoms with Gasteiger partial charge in [0.2, 0.25) is 0 Å². The zero-order chi connectivity index (χ0) is 23.0. The molecule has 3 amide bonds. The molecule has 0 bridgehead atoms.